The molecule has 6 rings (SSSR count). The lowest BCUT2D eigenvalue weighted by atomic mass is 9.87. The highest BCUT2D eigenvalue weighted by molar-refractivity contribution is 5.79. The van der Waals surface area contributed by atoms with E-state index in [-0.39, 0.29) is 18.0 Å². The van der Waals surface area contributed by atoms with Gasteiger partial charge in [-0.05, 0) is 59.6 Å². The second-order valence-corrected chi connectivity index (χ2v) is 10.6. The molecule has 1 unspecified atom stereocenters. The predicted molar refractivity (Wildman–Crippen MR) is 149 cm³/mol. The fourth-order valence-electron chi connectivity index (χ4n) is 6.24. The molecular weight excluding hydrogens is 452 g/mol. The van der Waals surface area contributed by atoms with E-state index in [0.29, 0.717) is 13.1 Å². The minimum Gasteiger partial charge on any atom is -0.334 e. The van der Waals surface area contributed by atoms with E-state index < -0.39 is 0 Å². The van der Waals surface area contributed by atoms with Crippen LogP contribution in [0.5, 0.6) is 0 Å². The molecule has 4 aromatic carbocycles. The SMILES string of the molecule is Cc1cccc(C2c3ccccc3CCN2CC(=O)N(Cc2ccccc2)C2Cc3ccccc3C2)c1. The van der Waals surface area contributed by atoms with Gasteiger partial charge in [-0.3, -0.25) is 9.69 Å². The van der Waals surface area contributed by atoms with Crippen LogP contribution in [0, 0.1) is 6.92 Å². The van der Waals surface area contributed by atoms with Gasteiger partial charge in [0.05, 0.1) is 12.6 Å². The maximum atomic E-state index is 14.2. The van der Waals surface area contributed by atoms with Crippen molar-refractivity contribution in [1.82, 2.24) is 9.80 Å². The Labute approximate surface area is 220 Å². The first-order valence-corrected chi connectivity index (χ1v) is 13.4. The highest BCUT2D eigenvalue weighted by Gasteiger charge is 2.34. The average molecular weight is 487 g/mol. The molecule has 186 valence electrons. The lowest BCUT2D eigenvalue weighted by Gasteiger charge is -2.39. The van der Waals surface area contributed by atoms with E-state index in [4.69, 9.17) is 0 Å². The molecule has 0 radical (unpaired) electrons. The summed E-state index contributed by atoms with van der Waals surface area (Å²) in [6, 6.07) is 36.9. The Morgan fingerprint density at radius 2 is 1.49 bits per heavy atom. The molecule has 3 heteroatoms. The molecule has 1 aliphatic heterocycles. The molecule has 0 saturated heterocycles. The summed E-state index contributed by atoms with van der Waals surface area (Å²) in [5.74, 6) is 0.221. The molecular formula is C34H34N2O. The van der Waals surface area contributed by atoms with Gasteiger partial charge in [-0.15, -0.1) is 0 Å². The third-order valence-electron chi connectivity index (χ3n) is 8.07. The van der Waals surface area contributed by atoms with Gasteiger partial charge in [0.25, 0.3) is 0 Å². The van der Waals surface area contributed by atoms with Crippen molar-refractivity contribution >= 4 is 5.91 Å². The summed E-state index contributed by atoms with van der Waals surface area (Å²) in [4.78, 5) is 18.8. The second kappa shape index (κ2) is 10.4. The van der Waals surface area contributed by atoms with Gasteiger partial charge >= 0.3 is 0 Å². The van der Waals surface area contributed by atoms with E-state index in [2.05, 4.69) is 114 Å². The number of aryl methyl sites for hydroxylation is 1. The van der Waals surface area contributed by atoms with Crippen molar-refractivity contribution in [1.29, 1.82) is 0 Å². The van der Waals surface area contributed by atoms with Crippen LogP contribution in [-0.2, 0) is 30.6 Å². The Hall–Kier alpha value is -3.69. The molecule has 4 aromatic rings. The van der Waals surface area contributed by atoms with E-state index in [1.165, 1.54) is 38.9 Å². The fourth-order valence-corrected chi connectivity index (χ4v) is 6.24. The molecule has 1 amide bonds. The van der Waals surface area contributed by atoms with Crippen molar-refractivity contribution in [2.45, 2.75) is 44.8 Å². The van der Waals surface area contributed by atoms with Gasteiger partial charge in [-0.1, -0.05) is 109 Å². The number of rotatable bonds is 6. The van der Waals surface area contributed by atoms with E-state index in [1.807, 2.05) is 6.07 Å². The van der Waals surface area contributed by atoms with Crippen molar-refractivity contribution in [2.24, 2.45) is 0 Å². The standard InChI is InChI=1S/C34H34N2O/c1-25-10-9-16-30(20-25)34-32-17-8-7-13-27(32)18-19-35(34)24-33(37)36(23-26-11-3-2-4-12-26)31-21-28-14-5-6-15-29(28)22-31/h2-17,20,31,34H,18-19,21-24H2,1H3. The lowest BCUT2D eigenvalue weighted by molar-refractivity contribution is -0.135. The van der Waals surface area contributed by atoms with E-state index >= 15 is 0 Å². The average Bonchev–Trinajstić information content (AvgIpc) is 3.36. The van der Waals surface area contributed by atoms with Gasteiger partial charge in [0.15, 0.2) is 0 Å². The molecule has 3 nitrogen and oxygen atoms in total. The molecule has 0 bridgehead atoms. The molecule has 0 spiro atoms. The number of nitrogens with zero attached hydrogens (tertiary/aromatic N) is 2. The first-order chi connectivity index (χ1) is 18.2. The Bertz CT molecular complexity index is 1370. The highest BCUT2D eigenvalue weighted by atomic mass is 16.2. The van der Waals surface area contributed by atoms with Crippen molar-refractivity contribution in [2.75, 3.05) is 13.1 Å². The normalized spacial score (nSPS) is 17.3. The molecule has 2 aliphatic rings. The summed E-state index contributed by atoms with van der Waals surface area (Å²) in [5, 5.41) is 0. The van der Waals surface area contributed by atoms with Gasteiger partial charge < -0.3 is 4.90 Å². The van der Waals surface area contributed by atoms with Crippen LogP contribution in [0.4, 0.5) is 0 Å². The van der Waals surface area contributed by atoms with Crippen LogP contribution in [0.3, 0.4) is 0 Å². The van der Waals surface area contributed by atoms with E-state index in [9.17, 15) is 4.79 Å². The summed E-state index contributed by atoms with van der Waals surface area (Å²) < 4.78 is 0. The minimum absolute atomic E-state index is 0.0909. The zero-order chi connectivity index (χ0) is 25.2. The van der Waals surface area contributed by atoms with Crippen LogP contribution >= 0.6 is 0 Å². The van der Waals surface area contributed by atoms with E-state index in [1.54, 1.807) is 0 Å². The Kier molecular flexibility index (Phi) is 6.63. The van der Waals surface area contributed by atoms with Gasteiger partial charge in [0, 0.05) is 19.1 Å². The van der Waals surface area contributed by atoms with E-state index in [0.717, 1.165) is 25.8 Å². The van der Waals surface area contributed by atoms with Crippen LogP contribution in [0.2, 0.25) is 0 Å². The number of hydrogen-bond donors (Lipinski definition) is 0. The second-order valence-electron chi connectivity index (χ2n) is 10.6. The Morgan fingerprint density at radius 1 is 0.811 bits per heavy atom. The van der Waals surface area contributed by atoms with Crippen LogP contribution < -0.4 is 0 Å². The topological polar surface area (TPSA) is 23.6 Å². The van der Waals surface area contributed by atoms with Gasteiger partial charge in [-0.25, -0.2) is 0 Å². The Balaban J connectivity index is 1.30. The molecule has 0 saturated carbocycles. The number of carbonyl (C=O) groups excluding carboxylic acids is 1. The number of benzene rings is 4. The van der Waals surface area contributed by atoms with Crippen LogP contribution in [-0.4, -0.2) is 34.8 Å². The maximum absolute atomic E-state index is 14.2. The molecule has 37 heavy (non-hydrogen) atoms. The molecule has 0 fully saturated rings. The smallest absolute Gasteiger partial charge is 0.237 e. The maximum Gasteiger partial charge on any atom is 0.237 e. The van der Waals surface area contributed by atoms with Gasteiger partial charge in [0.2, 0.25) is 5.91 Å². The third-order valence-corrected chi connectivity index (χ3v) is 8.07. The predicted octanol–water partition coefficient (Wildman–Crippen LogP) is 6.14. The fraction of sp³-hybridized carbons (Fsp3) is 0.265. The molecule has 1 heterocycles. The number of amides is 1. The quantitative estimate of drug-likeness (QED) is 0.327. The van der Waals surface area contributed by atoms with Crippen molar-refractivity contribution in [3.63, 3.8) is 0 Å². The summed E-state index contributed by atoms with van der Waals surface area (Å²) in [7, 11) is 0. The zero-order valence-corrected chi connectivity index (χ0v) is 21.5. The van der Waals surface area contributed by atoms with Crippen molar-refractivity contribution in [3.8, 4) is 0 Å². The number of fused-ring (bicyclic) bond motifs is 2. The van der Waals surface area contributed by atoms with Crippen LogP contribution in [0.15, 0.2) is 103 Å². The first kappa shape index (κ1) is 23.7. The largest absolute Gasteiger partial charge is 0.334 e. The van der Waals surface area contributed by atoms with Gasteiger partial charge in [-0.2, -0.15) is 0 Å². The van der Waals surface area contributed by atoms with Crippen LogP contribution in [0.1, 0.15) is 45.0 Å². The summed E-state index contributed by atoms with van der Waals surface area (Å²) in [6.45, 7) is 4.10. The number of carbonyl (C=O) groups is 1. The molecule has 1 atom stereocenters. The summed E-state index contributed by atoms with van der Waals surface area (Å²) >= 11 is 0. The van der Waals surface area contributed by atoms with Crippen LogP contribution in [0.25, 0.3) is 0 Å². The summed E-state index contributed by atoms with van der Waals surface area (Å²) in [5.41, 5.74) is 9.18. The van der Waals surface area contributed by atoms with Crippen molar-refractivity contribution in [3.05, 3.63) is 142 Å². The molecule has 0 N–H and O–H groups in total. The third kappa shape index (κ3) is 4.97. The monoisotopic (exact) mass is 486 g/mol. The van der Waals surface area contributed by atoms with Gasteiger partial charge in [0.1, 0.15) is 0 Å². The number of hydrogen-bond acceptors (Lipinski definition) is 2. The Morgan fingerprint density at radius 3 is 2.22 bits per heavy atom. The molecule has 1 aliphatic carbocycles. The summed E-state index contributed by atoms with van der Waals surface area (Å²) in [6.07, 6.45) is 2.83. The minimum atomic E-state index is 0.0909. The highest BCUT2D eigenvalue weighted by Crippen LogP contribution is 2.36. The zero-order valence-electron chi connectivity index (χ0n) is 21.5. The lowest BCUT2D eigenvalue weighted by Crippen LogP contribution is -2.48. The van der Waals surface area contributed by atoms with Crippen molar-refractivity contribution < 1.29 is 4.79 Å². The first-order valence-electron chi connectivity index (χ1n) is 13.4. The molecule has 0 aromatic heterocycles.